The van der Waals surface area contributed by atoms with Gasteiger partial charge in [0.1, 0.15) is 0 Å². The minimum Gasteiger partial charge on any atom is -0.367 e. The molecule has 1 saturated heterocycles. The highest BCUT2D eigenvalue weighted by atomic mass is 79.9. The van der Waals surface area contributed by atoms with Gasteiger partial charge in [0.15, 0.2) is 9.84 Å². The zero-order chi connectivity index (χ0) is 13.3. The van der Waals surface area contributed by atoms with Gasteiger partial charge < -0.3 is 4.90 Å². The Morgan fingerprint density at radius 3 is 2.78 bits per heavy atom. The summed E-state index contributed by atoms with van der Waals surface area (Å²) in [6.07, 6.45) is 0. The summed E-state index contributed by atoms with van der Waals surface area (Å²) in [7, 11) is -2.88. The summed E-state index contributed by atoms with van der Waals surface area (Å²) in [5, 5.41) is 1.43. The number of rotatable bonds is 2. The van der Waals surface area contributed by atoms with E-state index in [0.717, 1.165) is 16.6 Å². The highest BCUT2D eigenvalue weighted by molar-refractivity contribution is 9.08. The van der Waals surface area contributed by atoms with Gasteiger partial charge in [0.05, 0.1) is 11.5 Å². The average Bonchev–Trinajstić information content (AvgIpc) is 2.27. The summed E-state index contributed by atoms with van der Waals surface area (Å²) in [6.45, 7) is 2.47. The Morgan fingerprint density at radius 2 is 2.22 bits per heavy atom. The van der Waals surface area contributed by atoms with Gasteiger partial charge in [-0.3, -0.25) is 0 Å². The van der Waals surface area contributed by atoms with Gasteiger partial charge in [-0.2, -0.15) is 0 Å². The lowest BCUT2D eigenvalue weighted by Gasteiger charge is -2.35. The van der Waals surface area contributed by atoms with E-state index in [1.165, 1.54) is 0 Å². The van der Waals surface area contributed by atoms with Crippen LogP contribution in [0.1, 0.15) is 12.5 Å². The number of benzene rings is 1. The van der Waals surface area contributed by atoms with Crippen LogP contribution < -0.4 is 4.90 Å². The van der Waals surface area contributed by atoms with Crippen molar-refractivity contribution in [1.82, 2.24) is 0 Å². The van der Waals surface area contributed by atoms with E-state index in [2.05, 4.69) is 20.8 Å². The maximum atomic E-state index is 11.5. The molecule has 100 valence electrons. The topological polar surface area (TPSA) is 37.4 Å². The molecule has 1 aliphatic heterocycles. The Balaban J connectivity index is 2.25. The molecule has 0 N–H and O–H groups in total. The first-order valence-electron chi connectivity index (χ1n) is 5.74. The molecule has 1 heterocycles. The molecule has 1 unspecified atom stereocenters. The molecule has 0 spiro atoms. The molecule has 18 heavy (non-hydrogen) atoms. The Labute approximate surface area is 121 Å². The van der Waals surface area contributed by atoms with Crippen molar-refractivity contribution in [3.63, 3.8) is 0 Å². The molecule has 0 bridgehead atoms. The van der Waals surface area contributed by atoms with E-state index in [1.54, 1.807) is 0 Å². The van der Waals surface area contributed by atoms with Gasteiger partial charge >= 0.3 is 0 Å². The molecule has 1 aromatic carbocycles. The fourth-order valence-corrected chi connectivity index (χ4v) is 4.65. The highest BCUT2D eigenvalue weighted by Crippen LogP contribution is 2.28. The van der Waals surface area contributed by atoms with E-state index in [4.69, 9.17) is 11.6 Å². The Hall–Kier alpha value is -0.260. The molecule has 6 heteroatoms. The lowest BCUT2D eigenvalue weighted by Crippen LogP contribution is -2.47. The van der Waals surface area contributed by atoms with Gasteiger partial charge in [-0.05, 0) is 24.6 Å². The van der Waals surface area contributed by atoms with Crippen LogP contribution >= 0.6 is 27.5 Å². The number of hydrogen-bond acceptors (Lipinski definition) is 3. The van der Waals surface area contributed by atoms with E-state index >= 15 is 0 Å². The number of nitrogens with zero attached hydrogens (tertiary/aromatic N) is 1. The summed E-state index contributed by atoms with van der Waals surface area (Å²) < 4.78 is 23.1. The first kappa shape index (κ1) is 14.2. The van der Waals surface area contributed by atoms with Crippen molar-refractivity contribution in [3.05, 3.63) is 28.8 Å². The van der Waals surface area contributed by atoms with Gasteiger partial charge in [-0.1, -0.05) is 33.6 Å². The lowest BCUT2D eigenvalue weighted by molar-refractivity contribution is 0.568. The maximum absolute atomic E-state index is 11.5. The first-order valence-corrected chi connectivity index (χ1v) is 9.06. The van der Waals surface area contributed by atoms with Crippen LogP contribution in [0.3, 0.4) is 0 Å². The molecular formula is C12H15BrClNO2S. The van der Waals surface area contributed by atoms with E-state index in [9.17, 15) is 8.42 Å². The van der Waals surface area contributed by atoms with Gasteiger partial charge in [0, 0.05) is 28.6 Å². The van der Waals surface area contributed by atoms with Crippen LogP contribution in [0.4, 0.5) is 5.69 Å². The largest absolute Gasteiger partial charge is 0.367 e. The predicted molar refractivity (Wildman–Crippen MR) is 79.5 cm³/mol. The molecule has 2 rings (SSSR count). The van der Waals surface area contributed by atoms with E-state index in [-0.39, 0.29) is 17.5 Å². The monoisotopic (exact) mass is 351 g/mol. The van der Waals surface area contributed by atoms with Crippen molar-refractivity contribution in [1.29, 1.82) is 0 Å². The average molecular weight is 353 g/mol. The molecule has 0 aliphatic carbocycles. The zero-order valence-electron chi connectivity index (χ0n) is 10.1. The number of hydrogen-bond donors (Lipinski definition) is 0. The molecule has 0 amide bonds. The summed E-state index contributed by atoms with van der Waals surface area (Å²) >= 11 is 9.56. The quantitative estimate of drug-likeness (QED) is 0.768. The van der Waals surface area contributed by atoms with Gasteiger partial charge in [0.2, 0.25) is 0 Å². The lowest BCUT2D eigenvalue weighted by atomic mass is 10.2. The van der Waals surface area contributed by atoms with Crippen LogP contribution in [0.5, 0.6) is 0 Å². The minimum absolute atomic E-state index is 0.00497. The first-order chi connectivity index (χ1) is 8.43. The fraction of sp³-hybridized carbons (Fsp3) is 0.500. The van der Waals surface area contributed by atoms with Crippen molar-refractivity contribution >= 4 is 43.1 Å². The van der Waals surface area contributed by atoms with Crippen LogP contribution in [-0.2, 0) is 15.2 Å². The molecular weight excluding hydrogens is 338 g/mol. The molecule has 1 aromatic rings. The fourth-order valence-electron chi connectivity index (χ4n) is 2.21. The third-order valence-electron chi connectivity index (χ3n) is 3.18. The van der Waals surface area contributed by atoms with E-state index < -0.39 is 9.84 Å². The minimum atomic E-state index is -2.88. The van der Waals surface area contributed by atoms with Crippen molar-refractivity contribution in [2.45, 2.75) is 18.3 Å². The maximum Gasteiger partial charge on any atom is 0.154 e. The van der Waals surface area contributed by atoms with Gasteiger partial charge in [-0.15, -0.1) is 0 Å². The molecule has 1 aliphatic rings. The number of sulfone groups is 1. The van der Waals surface area contributed by atoms with E-state index in [1.807, 2.05) is 25.1 Å². The van der Waals surface area contributed by atoms with Crippen molar-refractivity contribution in [3.8, 4) is 0 Å². The Morgan fingerprint density at radius 1 is 1.50 bits per heavy atom. The van der Waals surface area contributed by atoms with Crippen molar-refractivity contribution in [2.75, 3.05) is 23.0 Å². The van der Waals surface area contributed by atoms with Crippen molar-refractivity contribution < 1.29 is 8.42 Å². The van der Waals surface area contributed by atoms with E-state index in [0.29, 0.717) is 11.6 Å². The molecule has 1 atom stereocenters. The van der Waals surface area contributed by atoms with Gasteiger partial charge in [0.25, 0.3) is 0 Å². The summed E-state index contributed by atoms with van der Waals surface area (Å²) in [6, 6.07) is 5.88. The summed E-state index contributed by atoms with van der Waals surface area (Å²) in [5.74, 6) is 0.431. The highest BCUT2D eigenvalue weighted by Gasteiger charge is 2.28. The SMILES string of the molecule is CC1CS(=O)(=O)CCN1c1ccc(CBr)c(Cl)c1. The van der Waals surface area contributed by atoms with Crippen molar-refractivity contribution in [2.24, 2.45) is 0 Å². The van der Waals surface area contributed by atoms with Crippen LogP contribution in [0.15, 0.2) is 18.2 Å². The molecule has 0 aromatic heterocycles. The predicted octanol–water partition coefficient (Wildman–Crippen LogP) is 2.86. The standard InChI is InChI=1S/C12H15BrClNO2S/c1-9-8-18(16,17)5-4-15(9)11-3-2-10(7-13)12(14)6-11/h2-3,6,9H,4-5,7-8H2,1H3. The van der Waals surface area contributed by atoms with Crippen LogP contribution in [0.25, 0.3) is 0 Å². The molecule has 0 radical (unpaired) electrons. The third kappa shape index (κ3) is 3.00. The van der Waals surface area contributed by atoms with Crippen LogP contribution in [-0.4, -0.2) is 32.5 Å². The summed E-state index contributed by atoms with van der Waals surface area (Å²) in [5.41, 5.74) is 2.03. The van der Waals surface area contributed by atoms with Crippen LogP contribution in [0, 0.1) is 0 Å². The zero-order valence-corrected chi connectivity index (χ0v) is 13.2. The number of halogens is 2. The molecule has 3 nitrogen and oxygen atoms in total. The smallest absolute Gasteiger partial charge is 0.154 e. The number of anilines is 1. The molecule has 0 saturated carbocycles. The third-order valence-corrected chi connectivity index (χ3v) is 5.93. The Bertz CT molecular complexity index is 547. The number of alkyl halides is 1. The van der Waals surface area contributed by atoms with Crippen LogP contribution in [0.2, 0.25) is 5.02 Å². The second kappa shape index (κ2) is 5.39. The normalized spacial score (nSPS) is 23.1. The van der Waals surface area contributed by atoms with Gasteiger partial charge in [-0.25, -0.2) is 8.42 Å². The molecule has 1 fully saturated rings. The summed E-state index contributed by atoms with van der Waals surface area (Å²) in [4.78, 5) is 2.10. The Kier molecular flexibility index (Phi) is 4.24. The second-order valence-corrected chi connectivity index (χ2v) is 7.76. The second-order valence-electron chi connectivity index (χ2n) is 4.57.